The molecule has 0 unspecified atom stereocenters. The molecule has 1 aromatic heterocycles. The van der Waals surface area contributed by atoms with Crippen molar-refractivity contribution in [2.75, 3.05) is 0 Å². The molecule has 0 amide bonds. The molecule has 1 aliphatic carbocycles. The van der Waals surface area contributed by atoms with Gasteiger partial charge in [0.05, 0.1) is 0 Å². The zero-order valence-electron chi connectivity index (χ0n) is 8.42. The quantitative estimate of drug-likeness (QED) is 0.398. The Morgan fingerprint density at radius 1 is 0.688 bits per heavy atom. The first kappa shape index (κ1) is 20.1. The van der Waals surface area contributed by atoms with Crippen LogP contribution in [0, 0.1) is 19.7 Å². The van der Waals surface area contributed by atoms with Gasteiger partial charge in [0, 0.05) is 35.9 Å². The standard InChI is InChI=1S/C5H5N.C5H5.2CO.Mn/c1-2-4-6-5-3-1;1-2-4-5-3-1;2*1-2;/h1-5H;1-5H;;;. The van der Waals surface area contributed by atoms with E-state index in [0.29, 0.717) is 0 Å². The molecule has 0 fully saturated rings. The number of nitrogens with zero attached hydrogens (tertiary/aromatic N) is 1. The van der Waals surface area contributed by atoms with Crippen LogP contribution in [0.5, 0.6) is 0 Å². The van der Waals surface area contributed by atoms with Gasteiger partial charge in [0.15, 0.2) is 0 Å². The minimum Gasteiger partial charge on any atom is -0.265 e. The van der Waals surface area contributed by atoms with Gasteiger partial charge in [-0.2, -0.15) is 0 Å². The predicted octanol–water partition coefficient (Wildman–Crippen LogP) is 2.32. The van der Waals surface area contributed by atoms with Crippen LogP contribution in [0.4, 0.5) is 0 Å². The number of rotatable bonds is 0. The zero-order chi connectivity index (χ0) is 11.8. The summed E-state index contributed by atoms with van der Waals surface area (Å²) in [6.07, 6.45) is 13.5. The summed E-state index contributed by atoms with van der Waals surface area (Å²) < 4.78 is 15.0. The van der Waals surface area contributed by atoms with Gasteiger partial charge in [-0.25, -0.2) is 0 Å². The van der Waals surface area contributed by atoms with Gasteiger partial charge in [0.2, 0.25) is 0 Å². The molecule has 1 aliphatic rings. The molecule has 0 spiro atoms. The van der Waals surface area contributed by atoms with E-state index >= 15 is 0 Å². The van der Waals surface area contributed by atoms with Gasteiger partial charge in [-0.15, -0.1) is 0 Å². The summed E-state index contributed by atoms with van der Waals surface area (Å²) >= 11 is 0. The smallest absolute Gasteiger partial charge is 0.0267 e. The van der Waals surface area contributed by atoms with E-state index in [2.05, 4.69) is 18.3 Å². The van der Waals surface area contributed by atoms with E-state index in [1.165, 1.54) is 0 Å². The summed E-state index contributed by atoms with van der Waals surface area (Å²) in [5.74, 6) is 0. The normalized spacial score (nSPS) is 8.75. The predicted molar refractivity (Wildman–Crippen MR) is 54.7 cm³/mol. The van der Waals surface area contributed by atoms with Gasteiger partial charge >= 0.3 is 22.6 Å². The summed E-state index contributed by atoms with van der Waals surface area (Å²) in [5, 5.41) is 0. The van der Waals surface area contributed by atoms with Crippen molar-refractivity contribution in [1.29, 1.82) is 0 Å². The van der Waals surface area contributed by atoms with E-state index in [0.717, 1.165) is 0 Å². The first-order valence-electron chi connectivity index (χ1n) is 3.92. The van der Waals surface area contributed by atoms with E-state index in [9.17, 15) is 0 Å². The Bertz CT molecular complexity index is 262. The van der Waals surface area contributed by atoms with Crippen LogP contribution < -0.4 is 0 Å². The third-order valence-electron chi connectivity index (χ3n) is 1.12. The van der Waals surface area contributed by atoms with Crippen LogP contribution in [0.25, 0.3) is 0 Å². The topological polar surface area (TPSA) is 52.7 Å². The fourth-order valence-electron chi connectivity index (χ4n) is 0.633. The van der Waals surface area contributed by atoms with E-state index in [1.54, 1.807) is 12.4 Å². The van der Waals surface area contributed by atoms with Crippen LogP contribution in [0.2, 0.25) is 0 Å². The van der Waals surface area contributed by atoms with Crippen LogP contribution in [0.15, 0.2) is 54.9 Å². The van der Waals surface area contributed by atoms with Gasteiger partial charge in [-0.3, -0.25) is 4.98 Å². The Morgan fingerprint density at radius 3 is 1.25 bits per heavy atom. The molecule has 0 aromatic carbocycles. The SMILES string of the molecule is [C-]#[O+].[C-]#[O+].[CH]1C=CC=C1.[Mn].c1ccncc1. The van der Waals surface area contributed by atoms with Crippen LogP contribution in [-0.4, -0.2) is 4.98 Å². The van der Waals surface area contributed by atoms with Gasteiger partial charge in [-0.05, 0) is 12.1 Å². The van der Waals surface area contributed by atoms with Gasteiger partial charge < -0.3 is 0 Å². The summed E-state index contributed by atoms with van der Waals surface area (Å²) in [5.41, 5.74) is 0. The Morgan fingerprint density at radius 2 is 1.12 bits per heavy atom. The van der Waals surface area contributed by atoms with Crippen molar-refractivity contribution in [1.82, 2.24) is 4.98 Å². The number of pyridine rings is 1. The van der Waals surface area contributed by atoms with E-state index in [4.69, 9.17) is 9.30 Å². The molecular weight excluding hydrogens is 245 g/mol. The molecule has 16 heavy (non-hydrogen) atoms. The Balaban J connectivity index is -0.000000156. The number of hydrogen-bond acceptors (Lipinski definition) is 1. The summed E-state index contributed by atoms with van der Waals surface area (Å²) in [6, 6.07) is 5.72. The summed E-state index contributed by atoms with van der Waals surface area (Å²) in [6.45, 7) is 9.00. The molecule has 0 atom stereocenters. The van der Waals surface area contributed by atoms with Gasteiger partial charge in [0.25, 0.3) is 0 Å². The average Bonchev–Trinajstić information content (AvgIpc) is 2.95. The largest absolute Gasteiger partial charge is 0.265 e. The minimum atomic E-state index is 0. The molecule has 4 heteroatoms. The third kappa shape index (κ3) is 18.4. The number of allylic oxidation sites excluding steroid dienone is 4. The van der Waals surface area contributed by atoms with Crippen molar-refractivity contribution in [3.8, 4) is 0 Å². The fraction of sp³-hybridized carbons (Fsp3) is 0. The van der Waals surface area contributed by atoms with Crippen LogP contribution >= 0.6 is 0 Å². The maximum Gasteiger partial charge on any atom is 0.0267 e. The second-order valence-corrected chi connectivity index (χ2v) is 1.99. The first-order valence-corrected chi connectivity index (χ1v) is 3.92. The summed E-state index contributed by atoms with van der Waals surface area (Å²) in [4.78, 5) is 3.78. The Hall–Kier alpha value is -1.37. The molecule has 3 nitrogen and oxygen atoms in total. The minimum absolute atomic E-state index is 0. The molecule has 0 N–H and O–H groups in total. The first-order chi connectivity index (χ1) is 7.50. The molecule has 1 heterocycles. The second-order valence-electron chi connectivity index (χ2n) is 1.99. The fourth-order valence-corrected chi connectivity index (χ4v) is 0.633. The zero-order valence-corrected chi connectivity index (χ0v) is 9.60. The monoisotopic (exact) mass is 255 g/mol. The number of hydrogen-bond donors (Lipinski definition) is 0. The van der Waals surface area contributed by atoms with Crippen molar-refractivity contribution in [3.05, 3.63) is 74.6 Å². The second kappa shape index (κ2) is 23.4. The van der Waals surface area contributed by atoms with E-state index in [-0.39, 0.29) is 17.1 Å². The van der Waals surface area contributed by atoms with Crippen LogP contribution in [-0.2, 0) is 26.4 Å². The third-order valence-corrected chi connectivity index (χ3v) is 1.12. The van der Waals surface area contributed by atoms with Crippen molar-refractivity contribution >= 4 is 0 Å². The van der Waals surface area contributed by atoms with Crippen molar-refractivity contribution in [2.24, 2.45) is 0 Å². The molecule has 2 rings (SSSR count). The van der Waals surface area contributed by atoms with Gasteiger partial charge in [0.1, 0.15) is 0 Å². The Kier molecular flexibility index (Phi) is 29.4. The van der Waals surface area contributed by atoms with Crippen LogP contribution in [0.3, 0.4) is 0 Å². The molecule has 1 aromatic rings. The van der Waals surface area contributed by atoms with E-state index < -0.39 is 0 Å². The maximum atomic E-state index is 7.50. The average molecular weight is 255 g/mol. The van der Waals surface area contributed by atoms with E-state index in [1.807, 2.05) is 48.9 Å². The summed E-state index contributed by atoms with van der Waals surface area (Å²) in [7, 11) is 0. The maximum absolute atomic E-state index is 7.50. The van der Waals surface area contributed by atoms with Crippen molar-refractivity contribution in [3.63, 3.8) is 0 Å². The Labute approximate surface area is 106 Å². The molecule has 0 saturated heterocycles. The molecule has 82 valence electrons. The molecule has 0 saturated carbocycles. The van der Waals surface area contributed by atoms with Crippen molar-refractivity contribution < 1.29 is 26.4 Å². The molecule has 2 radical (unpaired) electrons. The molecular formula is C12H10MnNO2. The number of aromatic nitrogens is 1. The molecule has 0 aliphatic heterocycles. The van der Waals surface area contributed by atoms with Crippen LogP contribution in [0.1, 0.15) is 0 Å². The molecule has 0 bridgehead atoms. The van der Waals surface area contributed by atoms with Gasteiger partial charge in [-0.1, -0.05) is 30.4 Å². The van der Waals surface area contributed by atoms with Crippen molar-refractivity contribution in [2.45, 2.75) is 0 Å².